The molecule has 0 amide bonds. The van der Waals surface area contributed by atoms with Gasteiger partial charge in [-0.1, -0.05) is 17.3 Å². The van der Waals surface area contributed by atoms with Crippen molar-refractivity contribution in [3.63, 3.8) is 0 Å². The van der Waals surface area contributed by atoms with Gasteiger partial charge in [0.2, 0.25) is 0 Å². The van der Waals surface area contributed by atoms with E-state index in [4.69, 9.17) is 9.26 Å². The van der Waals surface area contributed by atoms with Crippen molar-refractivity contribution in [3.8, 4) is 5.75 Å². The van der Waals surface area contributed by atoms with Gasteiger partial charge in [0.05, 0.1) is 19.3 Å². The first-order valence-corrected chi connectivity index (χ1v) is 8.21. The van der Waals surface area contributed by atoms with Crippen LogP contribution in [-0.2, 0) is 13.0 Å². The molecule has 0 fully saturated rings. The lowest BCUT2D eigenvalue weighted by Gasteiger charge is -2.11. The molecule has 7 heteroatoms. The molecular weight excluding hydrogens is 431 g/mol. The van der Waals surface area contributed by atoms with Crippen LogP contribution in [0.3, 0.4) is 0 Å². The minimum Gasteiger partial charge on any atom is -0.497 e. The molecule has 6 nitrogen and oxygen atoms in total. The number of ether oxygens (including phenoxy) is 1. The van der Waals surface area contributed by atoms with Crippen LogP contribution in [0.25, 0.3) is 0 Å². The summed E-state index contributed by atoms with van der Waals surface area (Å²) in [6.07, 6.45) is 0.855. The molecule has 0 unspecified atom stereocenters. The largest absolute Gasteiger partial charge is 0.497 e. The van der Waals surface area contributed by atoms with Gasteiger partial charge in [0.1, 0.15) is 11.5 Å². The van der Waals surface area contributed by atoms with Gasteiger partial charge in [-0.15, -0.1) is 24.0 Å². The van der Waals surface area contributed by atoms with Gasteiger partial charge in [-0.25, -0.2) is 4.99 Å². The lowest BCUT2D eigenvalue weighted by Crippen LogP contribution is -2.38. The lowest BCUT2D eigenvalue weighted by molar-refractivity contribution is 0.392. The number of nitrogens with one attached hydrogen (secondary N) is 2. The fourth-order valence-electron chi connectivity index (χ4n) is 2.41. The first-order valence-electron chi connectivity index (χ1n) is 8.21. The molecule has 1 aromatic carbocycles. The lowest BCUT2D eigenvalue weighted by atomic mass is 10.1. The summed E-state index contributed by atoms with van der Waals surface area (Å²) in [5.41, 5.74) is 3.25. The smallest absolute Gasteiger partial charge is 0.191 e. The molecular formula is C18H27IN4O2. The van der Waals surface area contributed by atoms with Crippen LogP contribution in [0, 0.1) is 13.8 Å². The summed E-state index contributed by atoms with van der Waals surface area (Å²) in [6, 6.07) is 7.94. The maximum atomic E-state index is 5.19. The second-order valence-corrected chi connectivity index (χ2v) is 5.52. The van der Waals surface area contributed by atoms with E-state index in [1.54, 1.807) is 7.11 Å². The molecule has 2 rings (SSSR count). The highest BCUT2D eigenvalue weighted by Crippen LogP contribution is 2.13. The predicted octanol–water partition coefficient (Wildman–Crippen LogP) is 3.22. The van der Waals surface area contributed by atoms with Crippen LogP contribution >= 0.6 is 24.0 Å². The minimum absolute atomic E-state index is 0. The normalized spacial score (nSPS) is 11.0. The van der Waals surface area contributed by atoms with Gasteiger partial charge in [0.25, 0.3) is 0 Å². The van der Waals surface area contributed by atoms with E-state index in [1.165, 1.54) is 0 Å². The molecule has 138 valence electrons. The Bertz CT molecular complexity index is 649. The molecule has 1 aromatic heterocycles. The third-order valence-corrected chi connectivity index (χ3v) is 3.77. The zero-order valence-electron chi connectivity index (χ0n) is 15.3. The predicted molar refractivity (Wildman–Crippen MR) is 111 cm³/mol. The summed E-state index contributed by atoms with van der Waals surface area (Å²) < 4.78 is 10.4. The van der Waals surface area contributed by atoms with E-state index in [1.807, 2.05) is 38.1 Å². The molecule has 2 aromatic rings. The molecule has 0 bridgehead atoms. The molecule has 1 heterocycles. The van der Waals surface area contributed by atoms with Crippen molar-refractivity contribution in [2.45, 2.75) is 33.7 Å². The molecule has 2 N–H and O–H groups in total. The van der Waals surface area contributed by atoms with Crippen LogP contribution in [0.15, 0.2) is 33.8 Å². The van der Waals surface area contributed by atoms with Crippen molar-refractivity contribution in [2.24, 2.45) is 4.99 Å². The maximum absolute atomic E-state index is 5.19. The molecule has 0 aliphatic carbocycles. The van der Waals surface area contributed by atoms with Crippen LogP contribution in [0.2, 0.25) is 0 Å². The number of aryl methyl sites for hydroxylation is 2. The fraction of sp³-hybridized carbons (Fsp3) is 0.444. The Hall–Kier alpha value is -1.77. The average molecular weight is 458 g/mol. The van der Waals surface area contributed by atoms with E-state index >= 15 is 0 Å². The number of hydrogen-bond donors (Lipinski definition) is 2. The number of aromatic nitrogens is 1. The Morgan fingerprint density at radius 1 is 1.20 bits per heavy atom. The van der Waals surface area contributed by atoms with E-state index in [0.29, 0.717) is 6.54 Å². The maximum Gasteiger partial charge on any atom is 0.191 e. The Balaban J connectivity index is 0.00000312. The van der Waals surface area contributed by atoms with Crippen LogP contribution < -0.4 is 15.4 Å². The van der Waals surface area contributed by atoms with E-state index in [-0.39, 0.29) is 24.0 Å². The Morgan fingerprint density at radius 2 is 1.92 bits per heavy atom. The summed E-state index contributed by atoms with van der Waals surface area (Å²) in [5, 5.41) is 10.6. The number of hydrogen-bond acceptors (Lipinski definition) is 4. The zero-order valence-corrected chi connectivity index (χ0v) is 17.6. The highest BCUT2D eigenvalue weighted by atomic mass is 127. The van der Waals surface area contributed by atoms with Crippen molar-refractivity contribution in [2.75, 3.05) is 20.2 Å². The molecule has 0 spiro atoms. The highest BCUT2D eigenvalue weighted by Gasteiger charge is 2.08. The molecule has 0 saturated carbocycles. The van der Waals surface area contributed by atoms with E-state index in [0.717, 1.165) is 53.8 Å². The van der Waals surface area contributed by atoms with E-state index < -0.39 is 0 Å². The van der Waals surface area contributed by atoms with E-state index in [2.05, 4.69) is 27.7 Å². The number of guanidine groups is 1. The van der Waals surface area contributed by atoms with Crippen molar-refractivity contribution in [1.29, 1.82) is 0 Å². The topological polar surface area (TPSA) is 71.7 Å². The van der Waals surface area contributed by atoms with Crippen LogP contribution in [0.1, 0.15) is 29.5 Å². The highest BCUT2D eigenvalue weighted by molar-refractivity contribution is 14.0. The molecule has 0 saturated heterocycles. The standard InChI is InChI=1S/C18H26N4O2.HI/c1-5-19-18(20-11-10-17-13(2)22-24-14(17)3)21-12-15-6-8-16(23-4)9-7-15;/h6-9H,5,10-12H2,1-4H3,(H2,19,20,21);1H. The number of aliphatic imine (C=N–C) groups is 1. The number of rotatable bonds is 7. The minimum atomic E-state index is 0. The summed E-state index contributed by atoms with van der Waals surface area (Å²) >= 11 is 0. The molecule has 0 atom stereocenters. The zero-order chi connectivity index (χ0) is 17.4. The van der Waals surface area contributed by atoms with Gasteiger partial charge in [-0.05, 0) is 44.9 Å². The second-order valence-electron chi connectivity index (χ2n) is 5.52. The van der Waals surface area contributed by atoms with Crippen molar-refractivity contribution < 1.29 is 9.26 Å². The van der Waals surface area contributed by atoms with Crippen molar-refractivity contribution >= 4 is 29.9 Å². The molecule has 0 aliphatic rings. The quantitative estimate of drug-likeness (QED) is 0.379. The third-order valence-electron chi connectivity index (χ3n) is 3.77. The SMILES string of the molecule is CCNC(=NCc1ccc(OC)cc1)NCCc1c(C)noc1C.I. The van der Waals surface area contributed by atoms with Crippen LogP contribution in [-0.4, -0.2) is 31.3 Å². The first kappa shape index (κ1) is 21.3. The first-order chi connectivity index (χ1) is 11.6. The van der Waals surface area contributed by atoms with Gasteiger partial charge in [-0.2, -0.15) is 0 Å². The Labute approximate surface area is 166 Å². The van der Waals surface area contributed by atoms with Gasteiger partial charge in [0.15, 0.2) is 5.96 Å². The van der Waals surface area contributed by atoms with Gasteiger partial charge in [-0.3, -0.25) is 0 Å². The van der Waals surface area contributed by atoms with E-state index in [9.17, 15) is 0 Å². The number of nitrogens with zero attached hydrogens (tertiary/aromatic N) is 2. The van der Waals surface area contributed by atoms with Crippen LogP contribution in [0.4, 0.5) is 0 Å². The number of benzene rings is 1. The molecule has 0 aliphatic heterocycles. The molecule has 0 radical (unpaired) electrons. The summed E-state index contributed by atoms with van der Waals surface area (Å²) in [4.78, 5) is 4.62. The van der Waals surface area contributed by atoms with Gasteiger partial charge < -0.3 is 19.9 Å². The monoisotopic (exact) mass is 458 g/mol. The summed E-state index contributed by atoms with van der Waals surface area (Å²) in [5.74, 6) is 2.54. The fourth-order valence-corrected chi connectivity index (χ4v) is 2.41. The summed E-state index contributed by atoms with van der Waals surface area (Å²) in [6.45, 7) is 8.17. The third kappa shape index (κ3) is 6.56. The van der Waals surface area contributed by atoms with Gasteiger partial charge >= 0.3 is 0 Å². The van der Waals surface area contributed by atoms with Crippen molar-refractivity contribution in [1.82, 2.24) is 15.8 Å². The van der Waals surface area contributed by atoms with Crippen LogP contribution in [0.5, 0.6) is 5.75 Å². The van der Waals surface area contributed by atoms with Crippen molar-refractivity contribution in [3.05, 3.63) is 46.8 Å². The number of halogens is 1. The summed E-state index contributed by atoms with van der Waals surface area (Å²) in [7, 11) is 1.67. The number of methoxy groups -OCH3 is 1. The Morgan fingerprint density at radius 3 is 2.48 bits per heavy atom. The molecule has 25 heavy (non-hydrogen) atoms. The van der Waals surface area contributed by atoms with Gasteiger partial charge in [0, 0.05) is 18.7 Å². The Kier molecular flexibility index (Phi) is 9.33. The average Bonchev–Trinajstić information content (AvgIpc) is 2.92. The second kappa shape index (κ2) is 11.0.